The highest BCUT2D eigenvalue weighted by atomic mass is 32.2. The fourth-order valence-electron chi connectivity index (χ4n) is 2.26. The number of hydrogen-bond acceptors (Lipinski definition) is 2. The van der Waals surface area contributed by atoms with Crippen LogP contribution in [0, 0.1) is 0 Å². The predicted octanol–water partition coefficient (Wildman–Crippen LogP) is 3.61. The summed E-state index contributed by atoms with van der Waals surface area (Å²) in [5, 5.41) is 0.606. The van der Waals surface area contributed by atoms with E-state index in [0.29, 0.717) is 11.3 Å². The SMILES string of the molecule is CCCCCC(N)C1Cc2ccccc2S1. The van der Waals surface area contributed by atoms with Crippen molar-refractivity contribution in [2.75, 3.05) is 0 Å². The van der Waals surface area contributed by atoms with Crippen LogP contribution < -0.4 is 5.73 Å². The molecule has 0 fully saturated rings. The Kier molecular flexibility index (Phi) is 4.30. The molecule has 2 N–H and O–H groups in total. The van der Waals surface area contributed by atoms with Gasteiger partial charge in [-0.2, -0.15) is 0 Å². The first-order valence-electron chi connectivity index (χ1n) is 6.31. The van der Waals surface area contributed by atoms with E-state index in [9.17, 15) is 0 Å². The zero-order valence-electron chi connectivity index (χ0n) is 9.99. The second-order valence-electron chi connectivity index (χ2n) is 4.63. The monoisotopic (exact) mass is 235 g/mol. The smallest absolute Gasteiger partial charge is 0.0287 e. The Morgan fingerprint density at radius 1 is 1.38 bits per heavy atom. The van der Waals surface area contributed by atoms with Crippen LogP contribution in [-0.4, -0.2) is 11.3 Å². The molecule has 1 nitrogen and oxygen atoms in total. The first-order valence-corrected chi connectivity index (χ1v) is 7.19. The molecule has 0 saturated carbocycles. The fraction of sp³-hybridized carbons (Fsp3) is 0.571. The molecule has 2 atom stereocenters. The molecule has 1 heterocycles. The fourth-order valence-corrected chi connectivity index (χ4v) is 3.62. The molecule has 88 valence electrons. The topological polar surface area (TPSA) is 26.0 Å². The van der Waals surface area contributed by atoms with Gasteiger partial charge in [0.05, 0.1) is 0 Å². The van der Waals surface area contributed by atoms with Crippen LogP contribution in [-0.2, 0) is 6.42 Å². The Morgan fingerprint density at radius 2 is 2.19 bits per heavy atom. The highest BCUT2D eigenvalue weighted by molar-refractivity contribution is 8.00. The number of unbranched alkanes of at least 4 members (excludes halogenated alkanes) is 2. The number of thioether (sulfide) groups is 1. The van der Waals surface area contributed by atoms with E-state index in [-0.39, 0.29) is 0 Å². The summed E-state index contributed by atoms with van der Waals surface area (Å²) in [7, 11) is 0. The van der Waals surface area contributed by atoms with Crippen molar-refractivity contribution in [1.82, 2.24) is 0 Å². The molecular weight excluding hydrogens is 214 g/mol. The molecule has 1 aliphatic heterocycles. The summed E-state index contributed by atoms with van der Waals surface area (Å²) in [6.07, 6.45) is 6.22. The molecule has 0 radical (unpaired) electrons. The van der Waals surface area contributed by atoms with Gasteiger partial charge in [0.25, 0.3) is 0 Å². The van der Waals surface area contributed by atoms with Crippen LogP contribution in [0.1, 0.15) is 38.2 Å². The molecule has 0 spiro atoms. The lowest BCUT2D eigenvalue weighted by molar-refractivity contribution is 0.543. The van der Waals surface area contributed by atoms with Gasteiger partial charge in [-0.3, -0.25) is 0 Å². The van der Waals surface area contributed by atoms with Gasteiger partial charge in [-0.05, 0) is 24.5 Å². The summed E-state index contributed by atoms with van der Waals surface area (Å²) in [5.41, 5.74) is 7.77. The zero-order valence-corrected chi connectivity index (χ0v) is 10.8. The molecule has 0 amide bonds. The second-order valence-corrected chi connectivity index (χ2v) is 5.91. The van der Waals surface area contributed by atoms with Gasteiger partial charge in [-0.15, -0.1) is 11.8 Å². The molecule has 0 saturated heterocycles. The van der Waals surface area contributed by atoms with Crippen molar-refractivity contribution in [2.45, 2.75) is 55.2 Å². The van der Waals surface area contributed by atoms with Crippen LogP contribution in [0.5, 0.6) is 0 Å². The van der Waals surface area contributed by atoms with E-state index in [2.05, 4.69) is 31.2 Å². The van der Waals surface area contributed by atoms with Gasteiger partial charge in [0.2, 0.25) is 0 Å². The van der Waals surface area contributed by atoms with E-state index in [4.69, 9.17) is 5.73 Å². The largest absolute Gasteiger partial charge is 0.327 e. The third-order valence-electron chi connectivity index (χ3n) is 3.29. The number of fused-ring (bicyclic) bond motifs is 1. The molecule has 2 rings (SSSR count). The van der Waals surface area contributed by atoms with E-state index >= 15 is 0 Å². The van der Waals surface area contributed by atoms with Crippen molar-refractivity contribution < 1.29 is 0 Å². The lowest BCUT2D eigenvalue weighted by Crippen LogP contribution is -2.32. The van der Waals surface area contributed by atoms with Crippen molar-refractivity contribution in [3.8, 4) is 0 Å². The minimum atomic E-state index is 0.365. The molecule has 1 aromatic rings. The molecule has 16 heavy (non-hydrogen) atoms. The normalized spacial score (nSPS) is 20.8. The third kappa shape index (κ3) is 2.80. The van der Waals surface area contributed by atoms with E-state index < -0.39 is 0 Å². The maximum absolute atomic E-state index is 6.28. The third-order valence-corrected chi connectivity index (χ3v) is 4.76. The van der Waals surface area contributed by atoms with Crippen LogP contribution >= 0.6 is 11.8 Å². The summed E-state index contributed by atoms with van der Waals surface area (Å²) < 4.78 is 0. The van der Waals surface area contributed by atoms with Crippen molar-refractivity contribution in [2.24, 2.45) is 5.73 Å². The Labute approximate surface area is 103 Å². The van der Waals surface area contributed by atoms with Gasteiger partial charge in [-0.25, -0.2) is 0 Å². The highest BCUT2D eigenvalue weighted by Crippen LogP contribution is 2.38. The maximum atomic E-state index is 6.28. The second kappa shape index (κ2) is 5.74. The van der Waals surface area contributed by atoms with Gasteiger partial charge in [0, 0.05) is 16.2 Å². The Bertz CT molecular complexity index is 312. The molecule has 0 aromatic heterocycles. The minimum absolute atomic E-state index is 0.365. The zero-order chi connectivity index (χ0) is 11.4. The average Bonchev–Trinajstić information content (AvgIpc) is 2.73. The minimum Gasteiger partial charge on any atom is -0.327 e. The molecule has 0 aliphatic carbocycles. The summed E-state index contributed by atoms with van der Waals surface area (Å²) in [6.45, 7) is 2.24. The first-order chi connectivity index (χ1) is 7.81. The van der Waals surface area contributed by atoms with E-state index in [0.717, 1.165) is 6.42 Å². The van der Waals surface area contributed by atoms with E-state index in [1.165, 1.54) is 36.1 Å². The standard InChI is InChI=1S/C14H21NS/c1-2-3-4-8-12(15)14-10-11-7-5-6-9-13(11)16-14/h5-7,9,12,14H,2-4,8,10,15H2,1H3. The Hall–Kier alpha value is -0.470. The molecule has 1 aromatic carbocycles. The molecule has 2 unspecified atom stereocenters. The van der Waals surface area contributed by atoms with Crippen LogP contribution in [0.3, 0.4) is 0 Å². The summed E-state index contributed by atoms with van der Waals surface area (Å²) in [5.74, 6) is 0. The van der Waals surface area contributed by atoms with Crippen LogP contribution in [0.4, 0.5) is 0 Å². The first kappa shape index (κ1) is 12.0. The molecule has 0 bridgehead atoms. The maximum Gasteiger partial charge on any atom is 0.0287 e. The lowest BCUT2D eigenvalue weighted by atomic mass is 10.0. The van der Waals surface area contributed by atoms with E-state index in [1.54, 1.807) is 0 Å². The van der Waals surface area contributed by atoms with Crippen molar-refractivity contribution in [1.29, 1.82) is 0 Å². The van der Waals surface area contributed by atoms with Crippen LogP contribution in [0.15, 0.2) is 29.2 Å². The molecule has 1 aliphatic rings. The predicted molar refractivity (Wildman–Crippen MR) is 71.9 cm³/mol. The van der Waals surface area contributed by atoms with Gasteiger partial charge >= 0.3 is 0 Å². The van der Waals surface area contributed by atoms with Gasteiger partial charge < -0.3 is 5.73 Å². The van der Waals surface area contributed by atoms with Crippen LogP contribution in [0.2, 0.25) is 0 Å². The average molecular weight is 235 g/mol. The van der Waals surface area contributed by atoms with Gasteiger partial charge in [0.15, 0.2) is 0 Å². The number of nitrogens with two attached hydrogens (primary N) is 1. The summed E-state index contributed by atoms with van der Waals surface area (Å²) >= 11 is 1.98. The Morgan fingerprint density at radius 3 is 2.94 bits per heavy atom. The van der Waals surface area contributed by atoms with E-state index in [1.807, 2.05) is 11.8 Å². The lowest BCUT2D eigenvalue weighted by Gasteiger charge is -2.17. The summed E-state index contributed by atoms with van der Waals surface area (Å²) in [4.78, 5) is 1.44. The van der Waals surface area contributed by atoms with Crippen molar-refractivity contribution in [3.63, 3.8) is 0 Å². The number of rotatable bonds is 5. The van der Waals surface area contributed by atoms with Crippen LogP contribution in [0.25, 0.3) is 0 Å². The summed E-state index contributed by atoms with van der Waals surface area (Å²) in [6, 6.07) is 9.07. The van der Waals surface area contributed by atoms with Gasteiger partial charge in [0.1, 0.15) is 0 Å². The number of hydrogen-bond donors (Lipinski definition) is 1. The quantitative estimate of drug-likeness (QED) is 0.789. The molecule has 2 heteroatoms. The molecular formula is C14H21NS. The van der Waals surface area contributed by atoms with Crippen molar-refractivity contribution >= 4 is 11.8 Å². The number of benzene rings is 1. The van der Waals surface area contributed by atoms with Crippen molar-refractivity contribution in [3.05, 3.63) is 29.8 Å². The van der Waals surface area contributed by atoms with Gasteiger partial charge in [-0.1, -0.05) is 44.4 Å². The highest BCUT2D eigenvalue weighted by Gasteiger charge is 2.26. The Balaban J connectivity index is 1.86.